The first-order chi connectivity index (χ1) is 9.60. The number of benzene rings is 1. The number of carbonyl (C=O) groups excluding carboxylic acids is 1. The fourth-order valence-corrected chi connectivity index (χ4v) is 1.75. The number of methoxy groups -OCH3 is 1. The van der Waals surface area contributed by atoms with Gasteiger partial charge in [0.05, 0.1) is 18.3 Å². The van der Waals surface area contributed by atoms with Gasteiger partial charge in [0.25, 0.3) is 5.91 Å². The van der Waals surface area contributed by atoms with Crippen molar-refractivity contribution in [2.75, 3.05) is 7.11 Å². The highest BCUT2D eigenvalue weighted by atomic mass is 35.5. The van der Waals surface area contributed by atoms with Crippen molar-refractivity contribution in [2.45, 2.75) is 0 Å². The number of aromatic nitrogens is 1. The minimum atomic E-state index is -0.427. The van der Waals surface area contributed by atoms with Crippen molar-refractivity contribution >= 4 is 35.3 Å². The lowest BCUT2D eigenvalue weighted by Gasteiger charge is -1.99. The predicted molar refractivity (Wildman–Crippen MR) is 78.9 cm³/mol. The molecule has 1 aromatic heterocycles. The van der Waals surface area contributed by atoms with Crippen molar-refractivity contribution < 1.29 is 9.53 Å². The minimum Gasteiger partial charge on any atom is -0.497 e. The number of nitrogens with zero attached hydrogens (tertiary/aromatic N) is 1. The van der Waals surface area contributed by atoms with E-state index in [1.54, 1.807) is 19.2 Å². The van der Waals surface area contributed by atoms with E-state index in [4.69, 9.17) is 27.9 Å². The highest BCUT2D eigenvalue weighted by Crippen LogP contribution is 2.21. The Kier molecular flexibility index (Phi) is 4.65. The first-order valence-electron chi connectivity index (χ1n) is 5.61. The number of hydrazone groups is 1. The molecule has 0 bridgehead atoms. The molecule has 2 rings (SSSR count). The number of amides is 1. The van der Waals surface area contributed by atoms with E-state index in [2.05, 4.69) is 15.5 Å². The zero-order valence-electron chi connectivity index (χ0n) is 10.5. The van der Waals surface area contributed by atoms with Gasteiger partial charge in [0.2, 0.25) is 0 Å². The van der Waals surface area contributed by atoms with Gasteiger partial charge in [-0.2, -0.15) is 5.10 Å². The Morgan fingerprint density at radius 1 is 1.35 bits per heavy atom. The lowest BCUT2D eigenvalue weighted by molar-refractivity contribution is 0.0951. The van der Waals surface area contributed by atoms with Crippen LogP contribution in [0.15, 0.2) is 35.4 Å². The molecular weight excluding hydrogens is 301 g/mol. The molecule has 0 fully saturated rings. The zero-order valence-corrected chi connectivity index (χ0v) is 12.0. The summed E-state index contributed by atoms with van der Waals surface area (Å²) >= 11 is 11.5. The predicted octanol–water partition coefficient (Wildman–Crippen LogP) is 3.09. The lowest BCUT2D eigenvalue weighted by atomic mass is 10.2. The first-order valence-corrected chi connectivity index (χ1v) is 6.37. The van der Waals surface area contributed by atoms with E-state index in [1.165, 1.54) is 12.3 Å². The zero-order chi connectivity index (χ0) is 14.5. The van der Waals surface area contributed by atoms with Gasteiger partial charge in [0, 0.05) is 0 Å². The second-order valence-electron chi connectivity index (χ2n) is 3.82. The molecule has 0 aliphatic rings. The van der Waals surface area contributed by atoms with Gasteiger partial charge < -0.3 is 9.72 Å². The summed E-state index contributed by atoms with van der Waals surface area (Å²) in [5.74, 6) is 0.324. The molecule has 1 amide bonds. The average molecular weight is 312 g/mol. The Hall–Kier alpha value is -1.98. The number of carbonyl (C=O) groups is 1. The Balaban J connectivity index is 1.96. The summed E-state index contributed by atoms with van der Waals surface area (Å²) in [5, 5.41) is 4.35. The van der Waals surface area contributed by atoms with Gasteiger partial charge in [-0.1, -0.05) is 23.2 Å². The molecule has 2 aromatic rings. The van der Waals surface area contributed by atoms with Crippen LogP contribution in [0, 0.1) is 0 Å². The van der Waals surface area contributed by atoms with Crippen LogP contribution in [0.4, 0.5) is 0 Å². The van der Waals surface area contributed by atoms with Crippen molar-refractivity contribution in [1.82, 2.24) is 10.4 Å². The number of ether oxygens (including phenoxy) is 1. The maximum atomic E-state index is 11.7. The van der Waals surface area contributed by atoms with E-state index in [-0.39, 0.29) is 15.9 Å². The number of halogens is 2. The van der Waals surface area contributed by atoms with Gasteiger partial charge in [0.1, 0.15) is 16.6 Å². The summed E-state index contributed by atoms with van der Waals surface area (Å²) in [6.45, 7) is 0. The van der Waals surface area contributed by atoms with Gasteiger partial charge in [-0.25, -0.2) is 5.43 Å². The molecule has 20 heavy (non-hydrogen) atoms. The van der Waals surface area contributed by atoms with Crippen molar-refractivity contribution in [1.29, 1.82) is 0 Å². The SMILES string of the molecule is COc1ccc(/C=N/NC(=O)c2cc(Cl)c(Cl)[nH]2)cc1. The van der Waals surface area contributed by atoms with E-state index in [9.17, 15) is 4.79 Å². The first kappa shape index (κ1) is 14.4. The number of rotatable bonds is 4. The van der Waals surface area contributed by atoms with Crippen LogP contribution in [0.3, 0.4) is 0 Å². The smallest absolute Gasteiger partial charge is 0.287 e. The Labute approximate surface area is 125 Å². The maximum absolute atomic E-state index is 11.7. The van der Waals surface area contributed by atoms with Gasteiger partial charge in [-0.3, -0.25) is 4.79 Å². The fraction of sp³-hybridized carbons (Fsp3) is 0.0769. The standard InChI is InChI=1S/C13H11Cl2N3O2/c1-20-9-4-2-8(3-5-9)7-16-18-13(19)11-6-10(14)12(15)17-11/h2-7,17H,1H3,(H,18,19)/b16-7+. The normalized spacial score (nSPS) is 10.8. The Morgan fingerprint density at radius 3 is 2.60 bits per heavy atom. The van der Waals surface area contributed by atoms with Crippen molar-refractivity contribution in [3.63, 3.8) is 0 Å². The summed E-state index contributed by atoms with van der Waals surface area (Å²) in [4.78, 5) is 14.3. The monoisotopic (exact) mass is 311 g/mol. The highest BCUT2D eigenvalue weighted by Gasteiger charge is 2.10. The van der Waals surface area contributed by atoms with Crippen molar-refractivity contribution in [3.8, 4) is 5.75 Å². The second kappa shape index (κ2) is 6.45. The molecule has 0 unspecified atom stereocenters. The van der Waals surface area contributed by atoms with Gasteiger partial charge in [0.15, 0.2) is 0 Å². The maximum Gasteiger partial charge on any atom is 0.287 e. The number of hydrogen-bond donors (Lipinski definition) is 2. The van der Waals surface area contributed by atoms with E-state index in [0.29, 0.717) is 0 Å². The summed E-state index contributed by atoms with van der Waals surface area (Å²) in [6, 6.07) is 8.66. The molecule has 0 radical (unpaired) electrons. The van der Waals surface area contributed by atoms with E-state index in [1.807, 2.05) is 12.1 Å². The number of hydrogen-bond acceptors (Lipinski definition) is 3. The van der Waals surface area contributed by atoms with Crippen LogP contribution >= 0.6 is 23.2 Å². The molecule has 7 heteroatoms. The average Bonchev–Trinajstić information content (AvgIpc) is 2.79. The topological polar surface area (TPSA) is 66.5 Å². The molecule has 5 nitrogen and oxygen atoms in total. The van der Waals surface area contributed by atoms with Crippen LogP contribution in [-0.4, -0.2) is 24.2 Å². The van der Waals surface area contributed by atoms with E-state index in [0.717, 1.165) is 11.3 Å². The molecule has 0 atom stereocenters. The number of H-pyrrole nitrogens is 1. The third kappa shape index (κ3) is 3.53. The van der Waals surface area contributed by atoms with Crippen LogP contribution in [-0.2, 0) is 0 Å². The van der Waals surface area contributed by atoms with Crippen LogP contribution in [0.2, 0.25) is 10.2 Å². The molecule has 0 aliphatic heterocycles. The van der Waals surface area contributed by atoms with Crippen LogP contribution < -0.4 is 10.2 Å². The number of nitrogens with one attached hydrogen (secondary N) is 2. The molecule has 0 saturated heterocycles. The van der Waals surface area contributed by atoms with Crippen LogP contribution in [0.25, 0.3) is 0 Å². The van der Waals surface area contributed by atoms with Gasteiger partial charge in [-0.05, 0) is 35.9 Å². The van der Waals surface area contributed by atoms with Crippen molar-refractivity contribution in [2.24, 2.45) is 5.10 Å². The summed E-state index contributed by atoms with van der Waals surface area (Å²) in [6.07, 6.45) is 1.52. The molecule has 104 valence electrons. The molecule has 0 aliphatic carbocycles. The summed E-state index contributed by atoms with van der Waals surface area (Å²) in [7, 11) is 1.59. The quantitative estimate of drug-likeness (QED) is 0.673. The molecule has 0 saturated carbocycles. The summed E-state index contributed by atoms with van der Waals surface area (Å²) in [5.41, 5.74) is 3.44. The second-order valence-corrected chi connectivity index (χ2v) is 4.60. The van der Waals surface area contributed by atoms with Gasteiger partial charge in [-0.15, -0.1) is 0 Å². The highest BCUT2D eigenvalue weighted by molar-refractivity contribution is 6.41. The molecular formula is C13H11Cl2N3O2. The van der Waals surface area contributed by atoms with Crippen molar-refractivity contribution in [3.05, 3.63) is 51.8 Å². The molecule has 0 spiro atoms. The molecule has 1 heterocycles. The van der Waals surface area contributed by atoms with Gasteiger partial charge >= 0.3 is 0 Å². The Morgan fingerprint density at radius 2 is 2.05 bits per heavy atom. The number of aromatic amines is 1. The third-order valence-electron chi connectivity index (χ3n) is 2.47. The Bertz CT molecular complexity index is 616. The fourth-order valence-electron chi connectivity index (χ4n) is 1.44. The lowest BCUT2D eigenvalue weighted by Crippen LogP contribution is -2.17. The van der Waals surface area contributed by atoms with Crippen LogP contribution in [0.5, 0.6) is 5.75 Å². The third-order valence-corrected chi connectivity index (χ3v) is 3.16. The minimum absolute atomic E-state index is 0.218. The van der Waals surface area contributed by atoms with E-state index >= 15 is 0 Å². The van der Waals surface area contributed by atoms with Crippen LogP contribution in [0.1, 0.15) is 16.1 Å². The molecule has 2 N–H and O–H groups in total. The largest absolute Gasteiger partial charge is 0.497 e. The molecule has 1 aromatic carbocycles. The summed E-state index contributed by atoms with van der Waals surface area (Å²) < 4.78 is 5.04. The van der Waals surface area contributed by atoms with E-state index < -0.39 is 5.91 Å².